The van der Waals surface area contributed by atoms with Crippen LogP contribution < -0.4 is 10.6 Å². The van der Waals surface area contributed by atoms with Crippen LogP contribution in [-0.2, 0) is 17.6 Å². The van der Waals surface area contributed by atoms with Gasteiger partial charge in [-0.1, -0.05) is 18.6 Å². The number of carbonyl (C=O) groups excluding carboxylic acids is 1. The van der Waals surface area contributed by atoms with Gasteiger partial charge in [0.2, 0.25) is 5.91 Å². The molecule has 1 fully saturated rings. The van der Waals surface area contributed by atoms with Crippen LogP contribution in [0.1, 0.15) is 30.4 Å². The molecule has 1 aromatic carbocycles. The number of hydrogen-bond acceptors (Lipinski definition) is 2. The van der Waals surface area contributed by atoms with E-state index in [0.717, 1.165) is 24.2 Å². The lowest BCUT2D eigenvalue weighted by Crippen LogP contribution is -2.40. The second-order valence-corrected chi connectivity index (χ2v) is 5.78. The number of nitrogens with one attached hydrogen (secondary N) is 2. The Balaban J connectivity index is 1.77. The van der Waals surface area contributed by atoms with Crippen molar-refractivity contribution in [2.24, 2.45) is 5.41 Å². The molecule has 3 heteroatoms. The largest absolute Gasteiger partial charge is 0.326 e. The minimum Gasteiger partial charge on any atom is -0.326 e. The highest BCUT2D eigenvalue weighted by atomic mass is 16.1. The van der Waals surface area contributed by atoms with Crippen molar-refractivity contribution in [2.45, 2.75) is 32.1 Å². The van der Waals surface area contributed by atoms with Crippen LogP contribution in [-0.4, -0.2) is 19.5 Å². The summed E-state index contributed by atoms with van der Waals surface area (Å²) in [6.45, 7) is 1.10. The lowest BCUT2D eigenvalue weighted by molar-refractivity contribution is -0.115. The highest BCUT2D eigenvalue weighted by Gasteiger charge is 2.36. The van der Waals surface area contributed by atoms with Crippen molar-refractivity contribution in [3.63, 3.8) is 0 Å². The summed E-state index contributed by atoms with van der Waals surface area (Å²) in [4.78, 5) is 11.3. The predicted octanol–water partition coefficient (Wildman–Crippen LogP) is 2.11. The maximum Gasteiger partial charge on any atom is 0.228 e. The number of anilines is 1. The number of rotatable bonds is 4. The fourth-order valence-electron chi connectivity index (χ4n) is 3.29. The molecule has 3 rings (SSSR count). The van der Waals surface area contributed by atoms with Gasteiger partial charge in [0.15, 0.2) is 0 Å². The number of amides is 1. The lowest BCUT2D eigenvalue weighted by Gasteiger charge is -2.42. The highest BCUT2D eigenvalue weighted by molar-refractivity contribution is 5.99. The first-order valence-corrected chi connectivity index (χ1v) is 6.77. The molecular formula is C15H20N2O. The Hall–Kier alpha value is -1.35. The predicted molar refractivity (Wildman–Crippen MR) is 72.7 cm³/mol. The molecule has 0 bridgehead atoms. The minimum absolute atomic E-state index is 0.121. The van der Waals surface area contributed by atoms with Crippen LogP contribution in [0.4, 0.5) is 5.69 Å². The molecule has 3 nitrogen and oxygen atoms in total. The van der Waals surface area contributed by atoms with Crippen molar-refractivity contribution < 1.29 is 4.79 Å². The van der Waals surface area contributed by atoms with Crippen LogP contribution in [0.25, 0.3) is 0 Å². The normalized spacial score (nSPS) is 20.2. The molecule has 0 unspecified atom stereocenters. The third-order valence-corrected chi connectivity index (χ3v) is 4.34. The van der Waals surface area contributed by atoms with Gasteiger partial charge in [0, 0.05) is 12.2 Å². The Kier molecular flexibility index (Phi) is 2.86. The van der Waals surface area contributed by atoms with E-state index in [-0.39, 0.29) is 5.91 Å². The summed E-state index contributed by atoms with van der Waals surface area (Å²) in [7, 11) is 2.03. The zero-order chi connectivity index (χ0) is 12.6. The van der Waals surface area contributed by atoms with Gasteiger partial charge in [0.25, 0.3) is 0 Å². The van der Waals surface area contributed by atoms with Crippen LogP contribution >= 0.6 is 0 Å². The first kappa shape index (κ1) is 11.7. The van der Waals surface area contributed by atoms with Gasteiger partial charge >= 0.3 is 0 Å². The molecule has 1 aromatic rings. The average molecular weight is 244 g/mol. The number of carbonyl (C=O) groups is 1. The second-order valence-electron chi connectivity index (χ2n) is 5.78. The van der Waals surface area contributed by atoms with E-state index in [9.17, 15) is 4.79 Å². The van der Waals surface area contributed by atoms with E-state index < -0.39 is 0 Å². The van der Waals surface area contributed by atoms with Gasteiger partial charge in [0.05, 0.1) is 6.42 Å². The molecule has 0 atom stereocenters. The molecule has 1 heterocycles. The monoisotopic (exact) mass is 244 g/mol. The Morgan fingerprint density at radius 1 is 1.39 bits per heavy atom. The van der Waals surface area contributed by atoms with Crippen molar-refractivity contribution in [1.82, 2.24) is 5.32 Å². The van der Waals surface area contributed by atoms with Crippen molar-refractivity contribution in [2.75, 3.05) is 18.9 Å². The van der Waals surface area contributed by atoms with Crippen LogP contribution in [0.5, 0.6) is 0 Å². The molecule has 1 amide bonds. The summed E-state index contributed by atoms with van der Waals surface area (Å²) in [5.41, 5.74) is 4.00. The molecule has 2 aliphatic rings. The Morgan fingerprint density at radius 2 is 2.22 bits per heavy atom. The van der Waals surface area contributed by atoms with Gasteiger partial charge in [0.1, 0.15) is 0 Å². The van der Waals surface area contributed by atoms with E-state index in [4.69, 9.17) is 0 Å². The summed E-state index contributed by atoms with van der Waals surface area (Å²) in [5, 5.41) is 6.21. The Labute approximate surface area is 108 Å². The molecule has 0 spiro atoms. The van der Waals surface area contributed by atoms with E-state index >= 15 is 0 Å². The van der Waals surface area contributed by atoms with Crippen molar-refractivity contribution >= 4 is 11.6 Å². The van der Waals surface area contributed by atoms with Crippen LogP contribution in [0.2, 0.25) is 0 Å². The molecular weight excluding hydrogens is 224 g/mol. The van der Waals surface area contributed by atoms with Crippen LogP contribution in [0.3, 0.4) is 0 Å². The van der Waals surface area contributed by atoms with Gasteiger partial charge in [-0.25, -0.2) is 0 Å². The average Bonchev–Trinajstić information content (AvgIpc) is 2.65. The summed E-state index contributed by atoms with van der Waals surface area (Å²) < 4.78 is 0. The van der Waals surface area contributed by atoms with E-state index in [1.807, 2.05) is 7.05 Å². The third kappa shape index (κ3) is 2.03. The summed E-state index contributed by atoms with van der Waals surface area (Å²) in [5.74, 6) is 0.121. The molecule has 0 saturated heterocycles. The zero-order valence-electron chi connectivity index (χ0n) is 10.9. The minimum atomic E-state index is 0.121. The summed E-state index contributed by atoms with van der Waals surface area (Å²) in [6, 6.07) is 6.43. The number of benzene rings is 1. The zero-order valence-corrected chi connectivity index (χ0v) is 10.9. The Bertz CT molecular complexity index is 477. The third-order valence-electron chi connectivity index (χ3n) is 4.34. The smallest absolute Gasteiger partial charge is 0.228 e. The fraction of sp³-hybridized carbons (Fsp3) is 0.533. The SMILES string of the molecule is CNCC1(Cc2ccc3c(c2)CC(=O)N3)CCC1. The Morgan fingerprint density at radius 3 is 2.89 bits per heavy atom. The van der Waals surface area contributed by atoms with Gasteiger partial charge in [-0.05, 0) is 48.9 Å². The van der Waals surface area contributed by atoms with E-state index in [1.165, 1.54) is 24.8 Å². The summed E-state index contributed by atoms with van der Waals surface area (Å²) in [6.07, 6.45) is 5.67. The van der Waals surface area contributed by atoms with Crippen LogP contribution in [0, 0.1) is 5.41 Å². The van der Waals surface area contributed by atoms with Crippen molar-refractivity contribution in [3.05, 3.63) is 29.3 Å². The first-order chi connectivity index (χ1) is 8.71. The number of hydrogen-bond donors (Lipinski definition) is 2. The molecule has 1 aliphatic heterocycles. The fourth-order valence-corrected chi connectivity index (χ4v) is 3.29. The molecule has 96 valence electrons. The summed E-state index contributed by atoms with van der Waals surface area (Å²) >= 11 is 0. The maximum absolute atomic E-state index is 11.3. The molecule has 1 saturated carbocycles. The second kappa shape index (κ2) is 4.39. The molecule has 0 radical (unpaired) electrons. The van der Waals surface area contributed by atoms with Gasteiger partial charge in [-0.3, -0.25) is 4.79 Å². The van der Waals surface area contributed by atoms with Gasteiger partial charge < -0.3 is 10.6 Å². The van der Waals surface area contributed by atoms with Gasteiger partial charge in [-0.2, -0.15) is 0 Å². The lowest BCUT2D eigenvalue weighted by atomic mass is 9.65. The molecule has 1 aliphatic carbocycles. The van der Waals surface area contributed by atoms with E-state index in [1.54, 1.807) is 0 Å². The highest BCUT2D eigenvalue weighted by Crippen LogP contribution is 2.43. The number of fused-ring (bicyclic) bond motifs is 1. The quantitative estimate of drug-likeness (QED) is 0.851. The van der Waals surface area contributed by atoms with Crippen LogP contribution in [0.15, 0.2) is 18.2 Å². The van der Waals surface area contributed by atoms with Gasteiger partial charge in [-0.15, -0.1) is 0 Å². The van der Waals surface area contributed by atoms with E-state index in [2.05, 4.69) is 28.8 Å². The first-order valence-electron chi connectivity index (χ1n) is 6.77. The van der Waals surface area contributed by atoms with Crippen molar-refractivity contribution in [3.8, 4) is 0 Å². The molecule has 2 N–H and O–H groups in total. The molecule has 18 heavy (non-hydrogen) atoms. The van der Waals surface area contributed by atoms with Crippen molar-refractivity contribution in [1.29, 1.82) is 0 Å². The van der Waals surface area contributed by atoms with E-state index in [0.29, 0.717) is 11.8 Å². The maximum atomic E-state index is 11.3. The topological polar surface area (TPSA) is 41.1 Å². The standard InChI is InChI=1S/C15H20N2O/c1-16-10-15(5-2-6-15)9-11-3-4-13-12(7-11)8-14(18)17-13/h3-4,7,16H,2,5-6,8-10H2,1H3,(H,17,18). The molecule has 0 aromatic heterocycles.